The molecule has 8 heteroatoms. The second-order valence-corrected chi connectivity index (χ2v) is 6.86. The van der Waals surface area contributed by atoms with Crippen LogP contribution in [0, 0.1) is 0 Å². The molecule has 4 aromatic rings. The van der Waals surface area contributed by atoms with Crippen LogP contribution < -0.4 is 15.8 Å². The minimum Gasteiger partial charge on any atom is -0.456 e. The van der Waals surface area contributed by atoms with Crippen molar-refractivity contribution in [1.29, 1.82) is 0 Å². The summed E-state index contributed by atoms with van der Waals surface area (Å²) < 4.78 is 17.3. The lowest BCUT2D eigenvalue weighted by atomic mass is 10.3. The van der Waals surface area contributed by atoms with E-state index >= 15 is 0 Å². The Morgan fingerprint density at radius 2 is 1.62 bits per heavy atom. The highest BCUT2D eigenvalue weighted by Crippen LogP contribution is 2.29. The van der Waals surface area contributed by atoms with E-state index in [0.29, 0.717) is 28.3 Å². The number of esters is 1. The number of rotatable bonds is 8. The van der Waals surface area contributed by atoms with Crippen molar-refractivity contribution in [3.8, 4) is 11.5 Å². The number of nitrogens with zero attached hydrogens (tertiary/aromatic N) is 1. The van der Waals surface area contributed by atoms with E-state index in [4.69, 9.17) is 13.9 Å². The molecule has 1 N–H and O–H groups in total. The van der Waals surface area contributed by atoms with E-state index in [9.17, 15) is 14.4 Å². The molecule has 0 radical (unpaired) electrons. The Balaban J connectivity index is 1.30. The highest BCUT2D eigenvalue weighted by Gasteiger charge is 2.13. The van der Waals surface area contributed by atoms with E-state index in [1.807, 2.05) is 18.2 Å². The second kappa shape index (κ2) is 9.65. The van der Waals surface area contributed by atoms with Gasteiger partial charge in [-0.15, -0.1) is 0 Å². The van der Waals surface area contributed by atoms with Gasteiger partial charge in [0.1, 0.15) is 5.75 Å². The summed E-state index contributed by atoms with van der Waals surface area (Å²) in [5.41, 5.74) is 1.49. The summed E-state index contributed by atoms with van der Waals surface area (Å²) in [6.45, 7) is -0.371. The Kier molecular flexibility index (Phi) is 6.31. The second-order valence-electron chi connectivity index (χ2n) is 6.86. The Morgan fingerprint density at radius 1 is 0.906 bits per heavy atom. The number of amides is 1. The van der Waals surface area contributed by atoms with Gasteiger partial charge >= 0.3 is 11.7 Å². The number of fused-ring (bicyclic) bond motifs is 1. The molecular weight excluding hydrogens is 412 g/mol. The number of nitrogens with one attached hydrogen (secondary N) is 1. The average molecular weight is 432 g/mol. The van der Waals surface area contributed by atoms with Crippen LogP contribution in [0.4, 0.5) is 5.69 Å². The summed E-state index contributed by atoms with van der Waals surface area (Å²) in [5.74, 6) is -0.571. The first-order valence-electron chi connectivity index (χ1n) is 9.96. The largest absolute Gasteiger partial charge is 0.456 e. The molecule has 8 nitrogen and oxygen atoms in total. The van der Waals surface area contributed by atoms with Crippen LogP contribution in [0.15, 0.2) is 88.1 Å². The number of carbonyl (C=O) groups is 2. The lowest BCUT2D eigenvalue weighted by Crippen LogP contribution is -2.22. The molecule has 0 saturated carbocycles. The number of carbonyl (C=O) groups excluding carboxylic acids is 2. The first-order chi connectivity index (χ1) is 15.6. The topological polar surface area (TPSA) is 99.8 Å². The van der Waals surface area contributed by atoms with Gasteiger partial charge in [-0.1, -0.05) is 42.5 Å². The molecule has 0 fully saturated rings. The molecule has 0 spiro atoms. The minimum absolute atomic E-state index is 0.0789. The predicted octanol–water partition coefficient (Wildman–Crippen LogP) is 3.96. The summed E-state index contributed by atoms with van der Waals surface area (Å²) >= 11 is 0. The molecule has 0 unspecified atom stereocenters. The summed E-state index contributed by atoms with van der Waals surface area (Å²) in [6.07, 6.45) is -0.0789. The molecular formula is C24H20N2O6. The van der Waals surface area contributed by atoms with Crippen LogP contribution >= 0.6 is 0 Å². The number of para-hydroxylation sites is 5. The number of ether oxygens (including phenoxy) is 2. The smallest absolute Gasteiger partial charge is 0.419 e. The molecule has 1 aromatic heterocycles. The van der Waals surface area contributed by atoms with E-state index in [-0.39, 0.29) is 13.0 Å². The number of aromatic nitrogens is 1. The van der Waals surface area contributed by atoms with Gasteiger partial charge in [0.05, 0.1) is 17.6 Å². The van der Waals surface area contributed by atoms with Crippen molar-refractivity contribution in [2.45, 2.75) is 13.0 Å². The van der Waals surface area contributed by atoms with Crippen LogP contribution in [0.1, 0.15) is 6.42 Å². The fraction of sp³-hybridized carbons (Fsp3) is 0.125. The minimum atomic E-state index is -0.605. The molecule has 0 bridgehead atoms. The zero-order valence-corrected chi connectivity index (χ0v) is 17.0. The number of aryl methyl sites for hydroxylation is 1. The van der Waals surface area contributed by atoms with Gasteiger partial charge in [0.2, 0.25) is 0 Å². The van der Waals surface area contributed by atoms with Crippen LogP contribution in [0.3, 0.4) is 0 Å². The van der Waals surface area contributed by atoms with Gasteiger partial charge in [-0.2, -0.15) is 0 Å². The zero-order chi connectivity index (χ0) is 22.3. The molecule has 0 saturated heterocycles. The van der Waals surface area contributed by atoms with Crippen LogP contribution in [-0.4, -0.2) is 23.1 Å². The normalized spacial score (nSPS) is 10.6. The van der Waals surface area contributed by atoms with Gasteiger partial charge in [-0.05, 0) is 36.4 Å². The molecule has 162 valence electrons. The van der Waals surface area contributed by atoms with Gasteiger partial charge in [0, 0.05) is 6.54 Å². The predicted molar refractivity (Wildman–Crippen MR) is 118 cm³/mol. The maximum Gasteiger partial charge on any atom is 0.419 e. The number of hydrogen-bond acceptors (Lipinski definition) is 6. The van der Waals surface area contributed by atoms with E-state index in [2.05, 4.69) is 5.32 Å². The monoisotopic (exact) mass is 432 g/mol. The molecule has 1 heterocycles. The fourth-order valence-corrected chi connectivity index (χ4v) is 3.11. The number of anilines is 1. The lowest BCUT2D eigenvalue weighted by molar-refractivity contribution is -0.147. The fourth-order valence-electron chi connectivity index (χ4n) is 3.11. The number of oxazole rings is 1. The van der Waals surface area contributed by atoms with Gasteiger partial charge in [0.15, 0.2) is 17.9 Å². The molecule has 4 rings (SSSR count). The van der Waals surface area contributed by atoms with Crippen LogP contribution in [0.2, 0.25) is 0 Å². The molecule has 1 amide bonds. The number of benzene rings is 3. The third-order valence-electron chi connectivity index (χ3n) is 4.61. The molecule has 0 atom stereocenters. The van der Waals surface area contributed by atoms with E-state index in [1.165, 1.54) is 4.57 Å². The van der Waals surface area contributed by atoms with E-state index in [0.717, 1.165) is 0 Å². The Morgan fingerprint density at radius 3 is 2.47 bits per heavy atom. The van der Waals surface area contributed by atoms with Crippen LogP contribution in [0.25, 0.3) is 11.1 Å². The molecule has 0 aliphatic rings. The zero-order valence-electron chi connectivity index (χ0n) is 17.0. The lowest BCUT2D eigenvalue weighted by Gasteiger charge is -2.12. The quantitative estimate of drug-likeness (QED) is 0.423. The van der Waals surface area contributed by atoms with Crippen molar-refractivity contribution < 1.29 is 23.5 Å². The highest BCUT2D eigenvalue weighted by atomic mass is 16.5. The van der Waals surface area contributed by atoms with Gasteiger partial charge < -0.3 is 19.2 Å². The molecule has 32 heavy (non-hydrogen) atoms. The van der Waals surface area contributed by atoms with Crippen molar-refractivity contribution in [2.24, 2.45) is 0 Å². The maximum absolute atomic E-state index is 12.3. The Bertz CT molecular complexity index is 1290. The SMILES string of the molecule is O=C(COC(=O)CCn1c(=O)oc2ccccc21)Nc1ccccc1Oc1ccccc1. The maximum atomic E-state index is 12.3. The van der Waals surface area contributed by atoms with Gasteiger partial charge in [0.25, 0.3) is 5.91 Å². The first-order valence-corrected chi connectivity index (χ1v) is 9.96. The summed E-state index contributed by atoms with van der Waals surface area (Å²) in [5, 5.41) is 2.68. The third-order valence-corrected chi connectivity index (χ3v) is 4.61. The van der Waals surface area contributed by atoms with E-state index < -0.39 is 24.2 Å². The van der Waals surface area contributed by atoms with Crippen molar-refractivity contribution in [3.05, 3.63) is 89.4 Å². The summed E-state index contributed by atoms with van der Waals surface area (Å²) in [7, 11) is 0. The van der Waals surface area contributed by atoms with E-state index in [1.54, 1.807) is 60.7 Å². The van der Waals surface area contributed by atoms with Crippen molar-refractivity contribution in [2.75, 3.05) is 11.9 Å². The number of hydrogen-bond donors (Lipinski definition) is 1. The highest BCUT2D eigenvalue weighted by molar-refractivity contribution is 5.94. The van der Waals surface area contributed by atoms with Crippen LogP contribution in [-0.2, 0) is 20.9 Å². The van der Waals surface area contributed by atoms with Crippen molar-refractivity contribution in [3.63, 3.8) is 0 Å². The van der Waals surface area contributed by atoms with Crippen LogP contribution in [0.5, 0.6) is 11.5 Å². The Labute approximate surface area is 183 Å². The Hall–Kier alpha value is -4.33. The third kappa shape index (κ3) is 5.04. The van der Waals surface area contributed by atoms with Crippen molar-refractivity contribution >= 4 is 28.7 Å². The molecule has 0 aliphatic heterocycles. The summed E-state index contributed by atoms with van der Waals surface area (Å²) in [4.78, 5) is 36.3. The standard InChI is InChI=1S/C24H20N2O6/c27-22(25-18-10-4-6-12-20(18)31-17-8-2-1-3-9-17)16-30-23(28)14-15-26-19-11-5-7-13-21(19)32-24(26)29/h1-13H,14-16H2,(H,25,27). The molecule has 3 aromatic carbocycles. The van der Waals surface area contributed by atoms with Gasteiger partial charge in [-0.25, -0.2) is 4.79 Å². The van der Waals surface area contributed by atoms with Crippen molar-refractivity contribution in [1.82, 2.24) is 4.57 Å². The molecule has 0 aliphatic carbocycles. The summed E-state index contributed by atoms with van der Waals surface area (Å²) in [6, 6.07) is 23.1. The first kappa shape index (κ1) is 20.9. The average Bonchev–Trinajstić information content (AvgIpc) is 3.13. The van der Waals surface area contributed by atoms with Gasteiger partial charge in [-0.3, -0.25) is 14.2 Å².